The molecule has 1 saturated carbocycles. The van der Waals surface area contributed by atoms with Crippen LogP contribution >= 0.6 is 13.5 Å². The molecule has 184 valence electrons. The predicted molar refractivity (Wildman–Crippen MR) is 112 cm³/mol. The number of anilines is 1. The first-order valence-corrected chi connectivity index (χ1v) is 10.0. The van der Waals surface area contributed by atoms with Crippen LogP contribution in [0, 0.1) is 23.4 Å². The van der Waals surface area contributed by atoms with Crippen molar-refractivity contribution in [1.82, 2.24) is 20.3 Å². The molecule has 2 aliphatic rings. The van der Waals surface area contributed by atoms with Gasteiger partial charge >= 0.3 is 0 Å². The van der Waals surface area contributed by atoms with Crippen molar-refractivity contribution in [2.45, 2.75) is 37.0 Å². The van der Waals surface area contributed by atoms with Crippen LogP contribution < -0.4 is 5.32 Å². The first-order chi connectivity index (χ1) is 15.5. The zero-order valence-electron chi connectivity index (χ0n) is 17.5. The van der Waals surface area contributed by atoms with Crippen molar-refractivity contribution in [2.24, 2.45) is 5.92 Å². The highest BCUT2D eigenvalue weighted by atomic mass is 32.1. The van der Waals surface area contributed by atoms with E-state index in [0.29, 0.717) is 12.1 Å². The molecule has 4 rings (SSSR count). The van der Waals surface area contributed by atoms with E-state index in [4.69, 9.17) is 0 Å². The number of Topliss-reactive ketones (excluding diaryl/α,β-unsaturated/α-hetero) is 1. The second kappa shape index (κ2) is 9.31. The Bertz CT molecular complexity index is 1080. The molecular formula is C20H20F5N5O3S. The molecule has 8 nitrogen and oxygen atoms in total. The van der Waals surface area contributed by atoms with Crippen LogP contribution in [0.2, 0.25) is 0 Å². The minimum atomic E-state index is -2.97. The normalized spacial score (nSPS) is 20.3. The molecule has 0 bridgehead atoms. The molecule has 2 fully saturated rings. The Hall–Kier alpha value is -3.03. The fourth-order valence-electron chi connectivity index (χ4n) is 4.38. The first kappa shape index (κ1) is 25.6. The molecular weight excluding hydrogens is 485 g/mol. The number of benzene rings is 1. The number of aromatic amines is 1. The maximum absolute atomic E-state index is 13.6. The molecule has 0 unspecified atom stereocenters. The van der Waals surface area contributed by atoms with E-state index in [1.807, 2.05) is 0 Å². The second-order valence-corrected chi connectivity index (χ2v) is 8.42. The lowest BCUT2D eigenvalue weighted by molar-refractivity contribution is -0.153. The van der Waals surface area contributed by atoms with Crippen LogP contribution in [0.1, 0.15) is 31.4 Å². The minimum Gasteiger partial charge on any atom is -0.335 e. The van der Waals surface area contributed by atoms with Crippen LogP contribution in [0.3, 0.4) is 0 Å². The van der Waals surface area contributed by atoms with E-state index in [9.17, 15) is 36.3 Å². The smallest absolute Gasteiger partial charge is 0.289 e. The third kappa shape index (κ3) is 4.91. The summed E-state index contributed by atoms with van der Waals surface area (Å²) in [5, 5.41) is 12.0. The zero-order chi connectivity index (χ0) is 24.0. The quantitative estimate of drug-likeness (QED) is 0.356. The highest BCUT2D eigenvalue weighted by Crippen LogP contribution is 2.54. The first-order valence-electron chi connectivity index (χ1n) is 10.0. The Morgan fingerprint density at radius 3 is 2.35 bits per heavy atom. The van der Waals surface area contributed by atoms with Crippen molar-refractivity contribution in [1.29, 1.82) is 0 Å². The maximum atomic E-state index is 13.6. The number of H-pyrrole nitrogens is 1. The van der Waals surface area contributed by atoms with Gasteiger partial charge in [-0.15, -0.1) is 0 Å². The van der Waals surface area contributed by atoms with E-state index < -0.39 is 71.6 Å². The van der Waals surface area contributed by atoms with Crippen LogP contribution in [0.15, 0.2) is 18.3 Å². The summed E-state index contributed by atoms with van der Waals surface area (Å²) in [5.74, 6) is -10.8. The lowest BCUT2D eigenvalue weighted by Gasteiger charge is -2.45. The number of aromatic nitrogens is 3. The number of carbonyl (C=O) groups is 3. The molecule has 2 heterocycles. The number of alkyl halides is 2. The van der Waals surface area contributed by atoms with Gasteiger partial charge in [-0.25, -0.2) is 22.0 Å². The number of likely N-dealkylation sites (tertiary alicyclic amines) is 1. The topological polar surface area (TPSA) is 108 Å². The summed E-state index contributed by atoms with van der Waals surface area (Å²) in [6.07, 6.45) is -0.341. The predicted octanol–water partition coefficient (Wildman–Crippen LogP) is 2.45. The average Bonchev–Trinajstić information content (AvgIpc) is 3.42. The summed E-state index contributed by atoms with van der Waals surface area (Å²) in [6.45, 7) is -0.0857. The number of ketones is 1. The number of halogens is 5. The van der Waals surface area contributed by atoms with Gasteiger partial charge in [0.05, 0.1) is 17.8 Å². The highest BCUT2D eigenvalue weighted by Gasteiger charge is 2.59. The number of amides is 2. The Kier molecular flexibility index (Phi) is 7.01. The van der Waals surface area contributed by atoms with E-state index in [1.54, 1.807) is 0 Å². The van der Waals surface area contributed by atoms with Gasteiger partial charge in [-0.1, -0.05) is 0 Å². The van der Waals surface area contributed by atoms with Gasteiger partial charge in [0.2, 0.25) is 17.6 Å². The van der Waals surface area contributed by atoms with E-state index in [-0.39, 0.29) is 44.4 Å². The molecule has 1 aromatic carbocycles. The van der Waals surface area contributed by atoms with E-state index in [2.05, 4.69) is 20.7 Å². The molecule has 0 radical (unpaired) electrons. The molecule has 1 aliphatic carbocycles. The molecule has 14 heteroatoms. The Labute approximate surface area is 196 Å². The monoisotopic (exact) mass is 505 g/mol. The van der Waals surface area contributed by atoms with E-state index in [1.165, 1.54) is 6.20 Å². The Morgan fingerprint density at radius 2 is 1.79 bits per heavy atom. The van der Waals surface area contributed by atoms with Crippen molar-refractivity contribution in [3.8, 4) is 0 Å². The van der Waals surface area contributed by atoms with Gasteiger partial charge in [0.1, 0.15) is 0 Å². The molecule has 1 saturated heterocycles. The summed E-state index contributed by atoms with van der Waals surface area (Å²) in [4.78, 5) is 38.8. The highest BCUT2D eigenvalue weighted by molar-refractivity contribution is 7.59. The fraction of sp³-hybridized carbons (Fsp3) is 0.450. The average molecular weight is 505 g/mol. The number of hydrogen-bond donors (Lipinski definition) is 2. The van der Waals surface area contributed by atoms with Gasteiger partial charge in [-0.3, -0.25) is 14.4 Å². The second-order valence-electron chi connectivity index (χ2n) is 8.42. The largest absolute Gasteiger partial charge is 0.335 e. The molecule has 2 aromatic rings. The van der Waals surface area contributed by atoms with Gasteiger partial charge in [0, 0.05) is 55.6 Å². The minimum absolute atomic E-state index is 0. The molecule has 1 aromatic heterocycles. The van der Waals surface area contributed by atoms with Crippen LogP contribution in [0.5, 0.6) is 0 Å². The molecule has 2 N–H and O–H groups in total. The zero-order valence-corrected chi connectivity index (χ0v) is 18.5. The van der Waals surface area contributed by atoms with Gasteiger partial charge in [0.15, 0.2) is 17.5 Å². The third-order valence-electron chi connectivity index (χ3n) is 5.99. The third-order valence-corrected chi connectivity index (χ3v) is 5.99. The SMILES string of the molecule is O=C(CC1(c2cn[nH]n2)CC(F)(F)C1)C(=O)N1CC[C@H](C(=O)Nc2cc(F)c(F)c(F)c2)C1.S. The number of carbonyl (C=O) groups excluding carboxylic acids is 3. The summed E-state index contributed by atoms with van der Waals surface area (Å²) >= 11 is 0. The van der Waals surface area contributed by atoms with Crippen LogP contribution in [0.4, 0.5) is 27.6 Å². The summed E-state index contributed by atoms with van der Waals surface area (Å²) < 4.78 is 66.9. The van der Waals surface area contributed by atoms with Crippen LogP contribution in [-0.4, -0.2) is 56.9 Å². The number of rotatable bonds is 6. The molecule has 1 aliphatic heterocycles. The standard InChI is InChI=1S/C20H18F5N5O3.H2S/c21-12-3-11(4-13(22)16(12)23)27-17(32)10-1-2-30(7-10)18(33)14(31)5-19(8-20(24,25)9-19)15-6-26-29-28-15;/h3-4,6,10H,1-2,5,7-9H2,(H,27,32)(H,26,28,29);1H2/t10-;/m0./s1. The van der Waals surface area contributed by atoms with E-state index >= 15 is 0 Å². The van der Waals surface area contributed by atoms with Gasteiger partial charge in [-0.2, -0.15) is 28.9 Å². The van der Waals surface area contributed by atoms with Crippen molar-refractivity contribution < 1.29 is 36.3 Å². The number of nitrogens with one attached hydrogen (secondary N) is 2. The van der Waals surface area contributed by atoms with Gasteiger partial charge in [-0.05, 0) is 6.42 Å². The summed E-state index contributed by atoms with van der Waals surface area (Å²) in [6, 6.07) is 1.24. The lowest BCUT2D eigenvalue weighted by atomic mass is 9.61. The summed E-state index contributed by atoms with van der Waals surface area (Å²) in [7, 11) is 0. The van der Waals surface area contributed by atoms with Gasteiger partial charge < -0.3 is 10.2 Å². The fourth-order valence-corrected chi connectivity index (χ4v) is 4.38. The van der Waals surface area contributed by atoms with Crippen molar-refractivity contribution in [3.05, 3.63) is 41.5 Å². The van der Waals surface area contributed by atoms with Crippen molar-refractivity contribution in [2.75, 3.05) is 18.4 Å². The van der Waals surface area contributed by atoms with Crippen LogP contribution in [0.25, 0.3) is 0 Å². The number of nitrogens with zero attached hydrogens (tertiary/aromatic N) is 3. The van der Waals surface area contributed by atoms with Crippen LogP contribution in [-0.2, 0) is 19.8 Å². The Morgan fingerprint density at radius 1 is 1.15 bits per heavy atom. The molecule has 34 heavy (non-hydrogen) atoms. The summed E-state index contributed by atoms with van der Waals surface area (Å²) in [5.41, 5.74) is -1.42. The van der Waals surface area contributed by atoms with Crippen molar-refractivity contribution >= 4 is 36.8 Å². The molecule has 1 atom stereocenters. The molecule has 2 amide bonds. The Balaban J connectivity index is 0.00000324. The number of hydrogen-bond acceptors (Lipinski definition) is 5. The van der Waals surface area contributed by atoms with E-state index in [0.717, 1.165) is 4.90 Å². The van der Waals surface area contributed by atoms with Crippen molar-refractivity contribution in [3.63, 3.8) is 0 Å². The molecule has 0 spiro atoms. The lowest BCUT2D eigenvalue weighted by Crippen LogP contribution is -2.52. The van der Waals surface area contributed by atoms with Gasteiger partial charge in [0.25, 0.3) is 5.91 Å². The maximum Gasteiger partial charge on any atom is 0.289 e.